The summed E-state index contributed by atoms with van der Waals surface area (Å²) in [5.41, 5.74) is 1.13. The molecular formula is C13H22N2O3S2. The zero-order valence-electron chi connectivity index (χ0n) is 11.9. The summed E-state index contributed by atoms with van der Waals surface area (Å²) in [6.07, 6.45) is 0. The summed E-state index contributed by atoms with van der Waals surface area (Å²) in [6, 6.07) is 2.02. The average molecular weight is 318 g/mol. The van der Waals surface area contributed by atoms with Gasteiger partial charge in [0.15, 0.2) is 0 Å². The maximum Gasteiger partial charge on any atom is 0.281 e. The van der Waals surface area contributed by atoms with Gasteiger partial charge in [-0.05, 0) is 22.4 Å². The highest BCUT2D eigenvalue weighted by Crippen LogP contribution is 2.35. The lowest BCUT2D eigenvalue weighted by molar-refractivity contribution is 0.222. The Bertz CT molecular complexity index is 512. The lowest BCUT2D eigenvalue weighted by atomic mass is 9.92. The monoisotopic (exact) mass is 318 g/mol. The molecule has 20 heavy (non-hydrogen) atoms. The van der Waals surface area contributed by atoms with Crippen LogP contribution < -0.4 is 0 Å². The van der Waals surface area contributed by atoms with E-state index in [0.717, 1.165) is 5.56 Å². The SMILES string of the molecule is CCN(CC)S(=O)(=O)N1C[C@H](CO)[C@@H](c2ccsc2)C1. The van der Waals surface area contributed by atoms with Crippen molar-refractivity contribution in [3.63, 3.8) is 0 Å². The molecule has 0 spiro atoms. The Balaban J connectivity index is 2.20. The Kier molecular flexibility index (Phi) is 5.19. The first kappa shape index (κ1) is 15.9. The molecule has 0 bridgehead atoms. The fraction of sp³-hybridized carbons (Fsp3) is 0.692. The van der Waals surface area contributed by atoms with E-state index in [1.807, 2.05) is 30.7 Å². The van der Waals surface area contributed by atoms with Crippen LogP contribution in [0.3, 0.4) is 0 Å². The minimum absolute atomic E-state index is 0.0186. The van der Waals surface area contributed by atoms with Crippen molar-refractivity contribution >= 4 is 21.5 Å². The van der Waals surface area contributed by atoms with E-state index in [1.54, 1.807) is 11.3 Å². The molecule has 2 rings (SSSR count). The smallest absolute Gasteiger partial charge is 0.281 e. The summed E-state index contributed by atoms with van der Waals surface area (Å²) >= 11 is 1.60. The molecule has 5 nitrogen and oxygen atoms in total. The second-order valence-electron chi connectivity index (χ2n) is 5.01. The molecule has 114 valence electrons. The second-order valence-corrected chi connectivity index (χ2v) is 7.72. The number of aliphatic hydroxyl groups excluding tert-OH is 1. The number of hydrogen-bond acceptors (Lipinski definition) is 4. The molecule has 1 fully saturated rings. The highest BCUT2D eigenvalue weighted by atomic mass is 32.2. The van der Waals surface area contributed by atoms with E-state index in [1.165, 1.54) is 8.61 Å². The van der Waals surface area contributed by atoms with E-state index in [9.17, 15) is 13.5 Å². The van der Waals surface area contributed by atoms with Crippen LogP contribution >= 0.6 is 11.3 Å². The molecule has 1 N–H and O–H groups in total. The third-order valence-electron chi connectivity index (χ3n) is 3.97. The van der Waals surface area contributed by atoms with Gasteiger partial charge in [0, 0.05) is 44.6 Å². The van der Waals surface area contributed by atoms with Gasteiger partial charge in [-0.3, -0.25) is 0 Å². The van der Waals surface area contributed by atoms with Gasteiger partial charge in [-0.1, -0.05) is 13.8 Å². The minimum Gasteiger partial charge on any atom is -0.396 e. The van der Waals surface area contributed by atoms with Crippen molar-refractivity contribution in [2.24, 2.45) is 5.92 Å². The van der Waals surface area contributed by atoms with Crippen molar-refractivity contribution in [1.82, 2.24) is 8.61 Å². The lowest BCUT2D eigenvalue weighted by Gasteiger charge is -2.25. The first-order valence-corrected chi connectivity index (χ1v) is 9.26. The van der Waals surface area contributed by atoms with E-state index in [0.29, 0.717) is 26.2 Å². The Morgan fingerprint density at radius 2 is 2.10 bits per heavy atom. The first-order valence-electron chi connectivity index (χ1n) is 6.92. The maximum atomic E-state index is 12.5. The van der Waals surface area contributed by atoms with E-state index < -0.39 is 10.2 Å². The van der Waals surface area contributed by atoms with Crippen LogP contribution in [0, 0.1) is 5.92 Å². The molecule has 0 aliphatic carbocycles. The van der Waals surface area contributed by atoms with Crippen LogP contribution in [0.1, 0.15) is 25.3 Å². The fourth-order valence-corrected chi connectivity index (χ4v) is 5.21. The average Bonchev–Trinajstić information content (AvgIpc) is 3.08. The summed E-state index contributed by atoms with van der Waals surface area (Å²) < 4.78 is 28.1. The van der Waals surface area contributed by atoms with Crippen molar-refractivity contribution in [1.29, 1.82) is 0 Å². The molecule has 0 unspecified atom stereocenters. The molecule has 0 radical (unpaired) electrons. The van der Waals surface area contributed by atoms with Crippen molar-refractivity contribution < 1.29 is 13.5 Å². The molecule has 0 aromatic carbocycles. The van der Waals surface area contributed by atoms with Crippen molar-refractivity contribution in [3.8, 4) is 0 Å². The number of nitrogens with zero attached hydrogens (tertiary/aromatic N) is 2. The maximum absolute atomic E-state index is 12.5. The van der Waals surface area contributed by atoms with Gasteiger partial charge in [0.2, 0.25) is 0 Å². The van der Waals surface area contributed by atoms with Crippen LogP contribution in [-0.2, 0) is 10.2 Å². The fourth-order valence-electron chi connectivity index (χ4n) is 2.78. The van der Waals surface area contributed by atoms with E-state index in [4.69, 9.17) is 0 Å². The molecular weight excluding hydrogens is 296 g/mol. The van der Waals surface area contributed by atoms with Crippen molar-refractivity contribution in [2.45, 2.75) is 19.8 Å². The van der Waals surface area contributed by atoms with Crippen LogP contribution in [0.4, 0.5) is 0 Å². The molecule has 0 amide bonds. The van der Waals surface area contributed by atoms with E-state index in [2.05, 4.69) is 0 Å². The predicted molar refractivity (Wildman–Crippen MR) is 81.0 cm³/mol. The van der Waals surface area contributed by atoms with E-state index >= 15 is 0 Å². The normalized spacial score (nSPS) is 24.6. The first-order chi connectivity index (χ1) is 9.54. The quantitative estimate of drug-likeness (QED) is 0.861. The van der Waals surface area contributed by atoms with Gasteiger partial charge in [0.1, 0.15) is 0 Å². The molecule has 1 aromatic heterocycles. The van der Waals surface area contributed by atoms with Crippen LogP contribution in [0.25, 0.3) is 0 Å². The predicted octanol–water partition coefficient (Wildman–Crippen LogP) is 1.34. The van der Waals surface area contributed by atoms with Gasteiger partial charge >= 0.3 is 0 Å². The summed E-state index contributed by atoms with van der Waals surface area (Å²) in [4.78, 5) is 0. The van der Waals surface area contributed by atoms with Gasteiger partial charge in [-0.25, -0.2) is 0 Å². The van der Waals surface area contributed by atoms with Crippen LogP contribution in [0.5, 0.6) is 0 Å². The van der Waals surface area contributed by atoms with Crippen LogP contribution in [0.2, 0.25) is 0 Å². The highest BCUT2D eigenvalue weighted by Gasteiger charge is 2.40. The zero-order chi connectivity index (χ0) is 14.8. The van der Waals surface area contributed by atoms with Crippen molar-refractivity contribution in [3.05, 3.63) is 22.4 Å². The van der Waals surface area contributed by atoms with Gasteiger partial charge in [0.25, 0.3) is 10.2 Å². The summed E-state index contributed by atoms with van der Waals surface area (Å²) in [6.45, 7) is 5.51. The zero-order valence-corrected chi connectivity index (χ0v) is 13.5. The van der Waals surface area contributed by atoms with Gasteiger partial charge in [-0.15, -0.1) is 0 Å². The topological polar surface area (TPSA) is 60.9 Å². The molecule has 1 aliphatic rings. The molecule has 2 atom stereocenters. The van der Waals surface area contributed by atoms with Gasteiger partial charge in [-0.2, -0.15) is 28.4 Å². The largest absolute Gasteiger partial charge is 0.396 e. The number of thiophene rings is 1. The molecule has 1 aliphatic heterocycles. The molecule has 1 saturated heterocycles. The lowest BCUT2D eigenvalue weighted by Crippen LogP contribution is -2.42. The molecule has 2 heterocycles. The summed E-state index contributed by atoms with van der Waals surface area (Å²) in [7, 11) is -3.41. The third-order valence-corrected chi connectivity index (χ3v) is 6.79. The summed E-state index contributed by atoms with van der Waals surface area (Å²) in [5, 5.41) is 13.6. The number of aliphatic hydroxyl groups is 1. The number of rotatable bonds is 6. The second kappa shape index (κ2) is 6.53. The van der Waals surface area contributed by atoms with Crippen LogP contribution in [0.15, 0.2) is 16.8 Å². The Hall–Kier alpha value is -0.470. The van der Waals surface area contributed by atoms with Gasteiger partial charge < -0.3 is 5.11 Å². The highest BCUT2D eigenvalue weighted by molar-refractivity contribution is 7.86. The Morgan fingerprint density at radius 1 is 1.40 bits per heavy atom. The molecule has 7 heteroatoms. The Morgan fingerprint density at radius 3 is 2.60 bits per heavy atom. The molecule has 1 aromatic rings. The van der Waals surface area contributed by atoms with Gasteiger partial charge in [0.05, 0.1) is 0 Å². The Labute approximate surface area is 125 Å². The van der Waals surface area contributed by atoms with Crippen LogP contribution in [-0.4, -0.2) is 54.9 Å². The third kappa shape index (κ3) is 2.92. The number of hydrogen-bond donors (Lipinski definition) is 1. The van der Waals surface area contributed by atoms with E-state index in [-0.39, 0.29) is 18.4 Å². The summed E-state index contributed by atoms with van der Waals surface area (Å²) in [5.74, 6) is 0.0755. The minimum atomic E-state index is -3.41. The van der Waals surface area contributed by atoms with Crippen molar-refractivity contribution in [2.75, 3.05) is 32.8 Å². The molecule has 0 saturated carbocycles. The standard InChI is InChI=1S/C13H22N2O3S2/c1-3-14(4-2)20(17,18)15-7-12(9-16)13(8-15)11-5-6-19-10-11/h5-6,10,12-13,16H,3-4,7-9H2,1-2H3/t12-,13-/m1/s1.